The molecule has 0 radical (unpaired) electrons. The second-order valence-electron chi connectivity index (χ2n) is 3.57. The maximum absolute atomic E-state index is 11.7. The smallest absolute Gasteiger partial charge is 0.415 e. The highest BCUT2D eigenvalue weighted by molar-refractivity contribution is 5.72. The van der Waals surface area contributed by atoms with E-state index in [-0.39, 0.29) is 0 Å². The minimum Gasteiger partial charge on any atom is -0.493 e. The first-order valence-electron chi connectivity index (χ1n) is 5.48. The standard InChI is InChI=1S/C12H18N2O4/c1-14(8-7-13)12(15)18-10-6-4-5-9(16-2)11(10)17-3/h4-6H,7-8,13H2,1-3H3. The predicted molar refractivity (Wildman–Crippen MR) is 67.3 cm³/mol. The fourth-order valence-corrected chi connectivity index (χ4v) is 1.39. The minimum atomic E-state index is -0.494. The van der Waals surface area contributed by atoms with Gasteiger partial charge in [-0.25, -0.2) is 4.79 Å². The van der Waals surface area contributed by atoms with Crippen LogP contribution in [-0.2, 0) is 0 Å². The first-order valence-corrected chi connectivity index (χ1v) is 5.48. The summed E-state index contributed by atoms with van der Waals surface area (Å²) >= 11 is 0. The number of rotatable bonds is 5. The van der Waals surface area contributed by atoms with Crippen molar-refractivity contribution in [1.82, 2.24) is 4.90 Å². The molecule has 0 aliphatic heterocycles. The van der Waals surface area contributed by atoms with E-state index >= 15 is 0 Å². The van der Waals surface area contributed by atoms with Crippen LogP contribution in [0.1, 0.15) is 0 Å². The first-order chi connectivity index (χ1) is 8.63. The minimum absolute atomic E-state index is 0.311. The van der Waals surface area contributed by atoms with Gasteiger partial charge in [0.15, 0.2) is 11.5 Å². The normalized spacial score (nSPS) is 9.78. The summed E-state index contributed by atoms with van der Waals surface area (Å²) in [6.07, 6.45) is -0.494. The van der Waals surface area contributed by atoms with Crippen LogP contribution in [0.15, 0.2) is 18.2 Å². The molecule has 1 aromatic rings. The molecular weight excluding hydrogens is 236 g/mol. The zero-order chi connectivity index (χ0) is 13.5. The summed E-state index contributed by atoms with van der Waals surface area (Å²) < 4.78 is 15.5. The van der Waals surface area contributed by atoms with Gasteiger partial charge in [-0.1, -0.05) is 6.07 Å². The Morgan fingerprint density at radius 1 is 1.28 bits per heavy atom. The van der Waals surface area contributed by atoms with E-state index in [1.54, 1.807) is 25.2 Å². The van der Waals surface area contributed by atoms with E-state index < -0.39 is 6.09 Å². The molecule has 6 heteroatoms. The molecule has 0 saturated heterocycles. The summed E-state index contributed by atoms with van der Waals surface area (Å²) in [4.78, 5) is 13.1. The van der Waals surface area contributed by atoms with Crippen molar-refractivity contribution in [3.05, 3.63) is 18.2 Å². The largest absolute Gasteiger partial charge is 0.493 e. The fraction of sp³-hybridized carbons (Fsp3) is 0.417. The molecule has 0 aromatic heterocycles. The van der Waals surface area contributed by atoms with Crippen molar-refractivity contribution in [3.8, 4) is 17.2 Å². The Labute approximate surface area is 106 Å². The van der Waals surface area contributed by atoms with E-state index in [2.05, 4.69) is 0 Å². The van der Waals surface area contributed by atoms with Crippen molar-refractivity contribution in [2.75, 3.05) is 34.4 Å². The number of methoxy groups -OCH3 is 2. The van der Waals surface area contributed by atoms with Crippen LogP contribution in [0.2, 0.25) is 0 Å². The van der Waals surface area contributed by atoms with Crippen LogP contribution in [0.3, 0.4) is 0 Å². The summed E-state index contributed by atoms with van der Waals surface area (Å²) in [6, 6.07) is 5.07. The Hall–Kier alpha value is -1.95. The number of hydrogen-bond donors (Lipinski definition) is 1. The fourth-order valence-electron chi connectivity index (χ4n) is 1.39. The van der Waals surface area contributed by atoms with Crippen LogP contribution in [0.5, 0.6) is 17.2 Å². The Kier molecular flexibility index (Phi) is 5.26. The highest BCUT2D eigenvalue weighted by Crippen LogP contribution is 2.36. The summed E-state index contributed by atoms with van der Waals surface area (Å²) in [7, 11) is 4.62. The summed E-state index contributed by atoms with van der Waals surface area (Å²) in [5, 5.41) is 0. The second kappa shape index (κ2) is 6.70. The topological polar surface area (TPSA) is 74.0 Å². The summed E-state index contributed by atoms with van der Waals surface area (Å²) in [5.74, 6) is 1.20. The molecule has 0 fully saturated rings. The molecule has 0 saturated carbocycles. The third kappa shape index (κ3) is 3.27. The van der Waals surface area contributed by atoms with Crippen molar-refractivity contribution in [2.45, 2.75) is 0 Å². The van der Waals surface area contributed by atoms with Gasteiger partial charge >= 0.3 is 6.09 Å². The lowest BCUT2D eigenvalue weighted by Gasteiger charge is -2.17. The van der Waals surface area contributed by atoms with E-state index in [0.29, 0.717) is 30.3 Å². The lowest BCUT2D eigenvalue weighted by Crippen LogP contribution is -2.33. The SMILES string of the molecule is COc1cccc(OC(=O)N(C)CCN)c1OC. The van der Waals surface area contributed by atoms with Crippen LogP contribution >= 0.6 is 0 Å². The van der Waals surface area contributed by atoms with Gasteiger partial charge in [-0.3, -0.25) is 0 Å². The van der Waals surface area contributed by atoms with Gasteiger partial charge in [-0.15, -0.1) is 0 Å². The Bertz CT molecular complexity index is 409. The molecule has 0 aliphatic rings. The molecule has 2 N–H and O–H groups in total. The highest BCUT2D eigenvalue weighted by Gasteiger charge is 2.16. The van der Waals surface area contributed by atoms with Gasteiger partial charge < -0.3 is 24.8 Å². The van der Waals surface area contributed by atoms with Gasteiger partial charge in [0.2, 0.25) is 5.75 Å². The van der Waals surface area contributed by atoms with E-state index in [0.717, 1.165) is 0 Å². The average Bonchev–Trinajstić information content (AvgIpc) is 2.38. The number of carbonyl (C=O) groups is 1. The molecule has 1 rings (SSSR count). The molecule has 0 heterocycles. The van der Waals surface area contributed by atoms with Gasteiger partial charge in [0.05, 0.1) is 14.2 Å². The molecule has 0 spiro atoms. The van der Waals surface area contributed by atoms with E-state index in [9.17, 15) is 4.79 Å². The number of nitrogens with zero attached hydrogens (tertiary/aromatic N) is 1. The lowest BCUT2D eigenvalue weighted by atomic mass is 10.3. The molecule has 1 amide bonds. The number of hydrogen-bond acceptors (Lipinski definition) is 5. The quantitative estimate of drug-likeness (QED) is 0.851. The Balaban J connectivity index is 2.87. The maximum Gasteiger partial charge on any atom is 0.415 e. The molecule has 0 bridgehead atoms. The Morgan fingerprint density at radius 3 is 2.50 bits per heavy atom. The number of likely N-dealkylation sites (N-methyl/N-ethyl adjacent to an activating group) is 1. The van der Waals surface area contributed by atoms with Crippen molar-refractivity contribution in [2.24, 2.45) is 5.73 Å². The van der Waals surface area contributed by atoms with Crippen LogP contribution in [0, 0.1) is 0 Å². The highest BCUT2D eigenvalue weighted by atomic mass is 16.6. The molecule has 0 unspecified atom stereocenters. The molecule has 6 nitrogen and oxygen atoms in total. The maximum atomic E-state index is 11.7. The number of ether oxygens (including phenoxy) is 3. The molecule has 0 atom stereocenters. The number of carbonyl (C=O) groups excluding carboxylic acids is 1. The summed E-state index contributed by atoms with van der Waals surface area (Å²) in [6.45, 7) is 0.798. The van der Waals surface area contributed by atoms with Gasteiger partial charge in [0.1, 0.15) is 0 Å². The third-order valence-electron chi connectivity index (χ3n) is 2.34. The van der Waals surface area contributed by atoms with Crippen molar-refractivity contribution < 1.29 is 19.0 Å². The van der Waals surface area contributed by atoms with Gasteiger partial charge in [-0.2, -0.15) is 0 Å². The first kappa shape index (κ1) is 14.1. The van der Waals surface area contributed by atoms with Crippen molar-refractivity contribution in [3.63, 3.8) is 0 Å². The molecular formula is C12H18N2O4. The van der Waals surface area contributed by atoms with Gasteiger partial charge in [0, 0.05) is 20.1 Å². The van der Waals surface area contributed by atoms with E-state index in [1.807, 2.05) is 0 Å². The number of para-hydroxylation sites is 1. The van der Waals surface area contributed by atoms with Crippen LogP contribution in [-0.4, -0.2) is 45.3 Å². The second-order valence-corrected chi connectivity index (χ2v) is 3.57. The molecule has 1 aromatic carbocycles. The van der Waals surface area contributed by atoms with Crippen LogP contribution < -0.4 is 19.9 Å². The average molecular weight is 254 g/mol. The third-order valence-corrected chi connectivity index (χ3v) is 2.34. The Morgan fingerprint density at radius 2 is 1.94 bits per heavy atom. The lowest BCUT2D eigenvalue weighted by molar-refractivity contribution is 0.162. The molecule has 0 aliphatic carbocycles. The monoisotopic (exact) mass is 254 g/mol. The van der Waals surface area contributed by atoms with Crippen molar-refractivity contribution in [1.29, 1.82) is 0 Å². The number of nitrogens with two attached hydrogens (primary N) is 1. The van der Waals surface area contributed by atoms with E-state index in [1.165, 1.54) is 19.1 Å². The van der Waals surface area contributed by atoms with Gasteiger partial charge in [0.25, 0.3) is 0 Å². The predicted octanol–water partition coefficient (Wildman–Crippen LogP) is 1.09. The summed E-state index contributed by atoms with van der Waals surface area (Å²) in [5.41, 5.74) is 5.37. The van der Waals surface area contributed by atoms with Gasteiger partial charge in [-0.05, 0) is 12.1 Å². The number of amides is 1. The van der Waals surface area contributed by atoms with E-state index in [4.69, 9.17) is 19.9 Å². The zero-order valence-electron chi connectivity index (χ0n) is 10.8. The molecule has 100 valence electrons. The zero-order valence-corrected chi connectivity index (χ0v) is 10.8. The van der Waals surface area contributed by atoms with Crippen LogP contribution in [0.4, 0.5) is 4.79 Å². The van der Waals surface area contributed by atoms with Crippen molar-refractivity contribution >= 4 is 6.09 Å². The molecule has 18 heavy (non-hydrogen) atoms. The number of benzene rings is 1. The van der Waals surface area contributed by atoms with Crippen LogP contribution in [0.25, 0.3) is 0 Å².